The van der Waals surface area contributed by atoms with Crippen molar-refractivity contribution in [2.45, 2.75) is 31.6 Å². The first-order chi connectivity index (χ1) is 15.3. The minimum Gasteiger partial charge on any atom is -0.361 e. The fraction of sp³-hybridized carbons (Fsp3) is 0.273. The molecule has 0 unspecified atom stereocenters. The molecule has 0 saturated heterocycles. The topological polar surface area (TPSA) is 89.6 Å². The van der Waals surface area contributed by atoms with Crippen molar-refractivity contribution >= 4 is 61.8 Å². The molecular weight excluding hydrogens is 466 g/mol. The van der Waals surface area contributed by atoms with Gasteiger partial charge in [-0.05, 0) is 61.5 Å². The number of aromatic nitrogens is 1. The maximum absolute atomic E-state index is 13.1. The quantitative estimate of drug-likeness (QED) is 0.224. The first-order valence-electron chi connectivity index (χ1n) is 10.3. The molecule has 3 aromatic rings. The highest BCUT2D eigenvalue weighted by atomic mass is 35.5. The van der Waals surface area contributed by atoms with Crippen LogP contribution >= 0.6 is 23.8 Å². The Labute approximate surface area is 198 Å². The Hall–Kier alpha value is -2.46. The zero-order valence-corrected chi connectivity index (χ0v) is 20.3. The summed E-state index contributed by atoms with van der Waals surface area (Å²) >= 11 is 11.2. The van der Waals surface area contributed by atoms with E-state index in [1.54, 1.807) is 42.7 Å². The third kappa shape index (κ3) is 5.86. The fourth-order valence-corrected chi connectivity index (χ4v) is 5.29. The van der Waals surface area contributed by atoms with E-state index in [1.165, 1.54) is 4.31 Å². The Morgan fingerprint density at radius 1 is 1.19 bits per heavy atom. The highest BCUT2D eigenvalue weighted by molar-refractivity contribution is 7.89. The molecule has 2 aromatic carbocycles. The minimum absolute atomic E-state index is 0.271. The zero-order chi connectivity index (χ0) is 23.1. The van der Waals surface area contributed by atoms with Gasteiger partial charge in [-0.3, -0.25) is 5.43 Å². The molecule has 1 aromatic heterocycles. The summed E-state index contributed by atoms with van der Waals surface area (Å²) in [4.78, 5) is 3.41. The number of anilines is 1. The number of benzene rings is 2. The minimum atomic E-state index is -3.57. The Bertz CT molecular complexity index is 1220. The van der Waals surface area contributed by atoms with Crippen LogP contribution < -0.4 is 10.7 Å². The highest BCUT2D eigenvalue weighted by Gasteiger charge is 2.23. The van der Waals surface area contributed by atoms with Gasteiger partial charge in [0.05, 0.1) is 11.1 Å². The number of halogens is 1. The standard InChI is InChI=1S/C22H26ClN5O2S2/c1-3-10-28(11-4-2)32(29,30)19-8-9-21-20(13-19)16(14-24-21)15-25-27-22(31)26-18-7-5-6-17(23)12-18/h5-9,12-15,24H,3-4,10-11H2,1-2H3,(H2,26,27,31)/b25-15+. The van der Waals surface area contributed by atoms with Crippen LogP contribution in [-0.2, 0) is 10.0 Å². The normalized spacial score (nSPS) is 12.0. The monoisotopic (exact) mass is 491 g/mol. The van der Waals surface area contributed by atoms with Gasteiger partial charge in [0.15, 0.2) is 5.11 Å². The number of rotatable bonds is 9. The Morgan fingerprint density at radius 2 is 1.94 bits per heavy atom. The predicted octanol–water partition coefficient (Wildman–Crippen LogP) is 4.95. The summed E-state index contributed by atoms with van der Waals surface area (Å²) in [7, 11) is -3.57. The average Bonchev–Trinajstić information content (AvgIpc) is 3.16. The molecule has 0 bridgehead atoms. The number of hydrogen-bond donors (Lipinski definition) is 3. The Morgan fingerprint density at radius 3 is 2.62 bits per heavy atom. The number of thiocarbonyl (C=S) groups is 1. The lowest BCUT2D eigenvalue weighted by molar-refractivity contribution is 0.410. The second-order valence-electron chi connectivity index (χ2n) is 7.19. The summed E-state index contributed by atoms with van der Waals surface area (Å²) in [5.41, 5.74) is 5.07. The number of nitrogens with one attached hydrogen (secondary N) is 3. The van der Waals surface area contributed by atoms with Gasteiger partial charge in [-0.25, -0.2) is 8.42 Å². The van der Waals surface area contributed by atoms with Crippen LogP contribution in [-0.4, -0.2) is 42.1 Å². The van der Waals surface area contributed by atoms with Gasteiger partial charge < -0.3 is 10.3 Å². The molecule has 10 heteroatoms. The molecule has 1 heterocycles. The summed E-state index contributed by atoms with van der Waals surface area (Å²) in [6.07, 6.45) is 4.89. The molecule has 170 valence electrons. The first kappa shape index (κ1) is 24.2. The van der Waals surface area contributed by atoms with Crippen LogP contribution in [0.4, 0.5) is 5.69 Å². The fourth-order valence-electron chi connectivity index (χ4n) is 3.27. The SMILES string of the molecule is CCCN(CCC)S(=O)(=O)c1ccc2[nH]cc(/C=N/NC(=S)Nc3cccc(Cl)c3)c2c1. The summed E-state index contributed by atoms with van der Waals surface area (Å²) in [6.45, 7) is 4.94. The van der Waals surface area contributed by atoms with Crippen molar-refractivity contribution < 1.29 is 8.42 Å². The van der Waals surface area contributed by atoms with E-state index in [-0.39, 0.29) is 4.90 Å². The maximum atomic E-state index is 13.1. The summed E-state index contributed by atoms with van der Waals surface area (Å²) in [5, 5.41) is 8.84. The van der Waals surface area contributed by atoms with Crippen molar-refractivity contribution in [2.24, 2.45) is 5.10 Å². The van der Waals surface area contributed by atoms with Gasteiger partial charge in [0.1, 0.15) is 0 Å². The van der Waals surface area contributed by atoms with Crippen molar-refractivity contribution in [2.75, 3.05) is 18.4 Å². The van der Waals surface area contributed by atoms with E-state index < -0.39 is 10.0 Å². The number of fused-ring (bicyclic) bond motifs is 1. The van der Waals surface area contributed by atoms with Crippen molar-refractivity contribution in [1.82, 2.24) is 14.7 Å². The molecule has 0 aliphatic heterocycles. The molecular formula is C22H26ClN5O2S2. The van der Waals surface area contributed by atoms with Gasteiger partial charge in [0, 0.05) is 46.5 Å². The van der Waals surface area contributed by atoms with Crippen molar-refractivity contribution in [3.05, 3.63) is 59.2 Å². The Kier molecular flexibility index (Phi) is 8.25. The summed E-state index contributed by atoms with van der Waals surface area (Å²) < 4.78 is 27.8. The third-order valence-corrected chi connectivity index (χ3v) is 7.04. The van der Waals surface area contributed by atoms with Crippen molar-refractivity contribution in [3.8, 4) is 0 Å². The first-order valence-corrected chi connectivity index (χ1v) is 12.5. The van der Waals surface area contributed by atoms with Gasteiger partial charge in [0.2, 0.25) is 10.0 Å². The van der Waals surface area contributed by atoms with E-state index in [1.807, 2.05) is 26.0 Å². The van der Waals surface area contributed by atoms with Gasteiger partial charge in [0.25, 0.3) is 0 Å². The summed E-state index contributed by atoms with van der Waals surface area (Å²) in [6, 6.07) is 12.3. The van der Waals surface area contributed by atoms with E-state index in [9.17, 15) is 8.42 Å². The lowest BCUT2D eigenvalue weighted by Crippen LogP contribution is -2.32. The van der Waals surface area contributed by atoms with Crippen LogP contribution in [0.25, 0.3) is 10.9 Å². The van der Waals surface area contributed by atoms with Crippen LogP contribution in [0.5, 0.6) is 0 Å². The van der Waals surface area contributed by atoms with E-state index in [0.29, 0.717) is 23.2 Å². The van der Waals surface area contributed by atoms with Crippen LogP contribution in [0, 0.1) is 0 Å². The largest absolute Gasteiger partial charge is 0.361 e. The van der Waals surface area contributed by atoms with E-state index in [4.69, 9.17) is 23.8 Å². The van der Waals surface area contributed by atoms with E-state index in [2.05, 4.69) is 20.8 Å². The van der Waals surface area contributed by atoms with Crippen LogP contribution in [0.3, 0.4) is 0 Å². The lowest BCUT2D eigenvalue weighted by atomic mass is 10.2. The van der Waals surface area contributed by atoms with Gasteiger partial charge in [-0.2, -0.15) is 9.41 Å². The Balaban J connectivity index is 1.77. The molecule has 3 rings (SSSR count). The van der Waals surface area contributed by atoms with Gasteiger partial charge in [-0.15, -0.1) is 0 Å². The number of sulfonamides is 1. The highest BCUT2D eigenvalue weighted by Crippen LogP contribution is 2.24. The molecule has 7 nitrogen and oxygen atoms in total. The summed E-state index contributed by atoms with van der Waals surface area (Å²) in [5.74, 6) is 0. The molecule has 0 fully saturated rings. The van der Waals surface area contributed by atoms with Gasteiger partial charge >= 0.3 is 0 Å². The molecule has 0 atom stereocenters. The second-order valence-corrected chi connectivity index (χ2v) is 9.97. The number of nitrogens with zero attached hydrogens (tertiary/aromatic N) is 2. The number of aromatic amines is 1. The third-order valence-electron chi connectivity index (χ3n) is 4.72. The van der Waals surface area contributed by atoms with Gasteiger partial charge in [-0.1, -0.05) is 31.5 Å². The molecule has 0 radical (unpaired) electrons. The number of H-pyrrole nitrogens is 1. The molecule has 0 spiro atoms. The van der Waals surface area contributed by atoms with E-state index in [0.717, 1.165) is 35.0 Å². The zero-order valence-electron chi connectivity index (χ0n) is 17.9. The number of hydrogen-bond acceptors (Lipinski definition) is 4. The van der Waals surface area contributed by atoms with Crippen molar-refractivity contribution in [3.63, 3.8) is 0 Å². The van der Waals surface area contributed by atoms with Crippen molar-refractivity contribution in [1.29, 1.82) is 0 Å². The smallest absolute Gasteiger partial charge is 0.243 e. The molecule has 0 aliphatic rings. The average molecular weight is 492 g/mol. The van der Waals surface area contributed by atoms with E-state index >= 15 is 0 Å². The van der Waals surface area contributed by atoms with Crippen LogP contribution in [0.2, 0.25) is 5.02 Å². The maximum Gasteiger partial charge on any atom is 0.243 e. The lowest BCUT2D eigenvalue weighted by Gasteiger charge is -2.21. The second kappa shape index (κ2) is 10.9. The molecule has 0 amide bonds. The molecule has 3 N–H and O–H groups in total. The molecule has 0 saturated carbocycles. The number of hydrazone groups is 1. The molecule has 32 heavy (non-hydrogen) atoms. The van der Waals surface area contributed by atoms with Crippen LogP contribution in [0.15, 0.2) is 58.7 Å². The predicted molar refractivity (Wildman–Crippen MR) is 136 cm³/mol. The molecule has 0 aliphatic carbocycles. The van der Waals surface area contributed by atoms with Crippen LogP contribution in [0.1, 0.15) is 32.3 Å².